The summed E-state index contributed by atoms with van der Waals surface area (Å²) in [6.07, 6.45) is 0. The molecule has 4 aromatic rings. The first-order valence-electron chi connectivity index (χ1n) is 6.06. The molecule has 0 atom stereocenters. The molecule has 20 heavy (non-hydrogen) atoms. The van der Waals surface area contributed by atoms with Crippen molar-refractivity contribution < 1.29 is 0 Å². The van der Waals surface area contributed by atoms with Crippen LogP contribution in [0.5, 0.6) is 0 Å². The van der Waals surface area contributed by atoms with E-state index < -0.39 is 0 Å². The van der Waals surface area contributed by atoms with Gasteiger partial charge in [-0.05, 0) is 35.9 Å². The van der Waals surface area contributed by atoms with Gasteiger partial charge in [-0.3, -0.25) is 0 Å². The number of hydrogen-bond acceptors (Lipinski definition) is 4. The van der Waals surface area contributed by atoms with E-state index in [-0.39, 0.29) is 5.28 Å². The maximum Gasteiger partial charge on any atom is 0.224 e. The van der Waals surface area contributed by atoms with Crippen LogP contribution in [0.15, 0.2) is 48.5 Å². The Balaban J connectivity index is 2.12. The molecule has 0 unspecified atom stereocenters. The molecule has 0 bridgehead atoms. The zero-order valence-electron chi connectivity index (χ0n) is 10.2. The average molecular weight is 282 g/mol. The minimum Gasteiger partial charge on any atom is -0.218 e. The fraction of sp³-hybridized carbons (Fsp3) is 0. The van der Waals surface area contributed by atoms with Gasteiger partial charge in [0.2, 0.25) is 5.28 Å². The highest BCUT2D eigenvalue weighted by Crippen LogP contribution is 2.23. The third-order valence-electron chi connectivity index (χ3n) is 3.11. The standard InChI is InChI=1S/C14H8ClN5/c15-14-16-10-6-2-1-5-9(10)13(17-14)20-12-8-4-3-7-11(12)18-19-20/h1-8H. The van der Waals surface area contributed by atoms with E-state index in [9.17, 15) is 0 Å². The minimum absolute atomic E-state index is 0.193. The zero-order chi connectivity index (χ0) is 13.5. The van der Waals surface area contributed by atoms with Crippen molar-refractivity contribution in [2.24, 2.45) is 0 Å². The third kappa shape index (κ3) is 1.64. The van der Waals surface area contributed by atoms with Crippen molar-refractivity contribution in [2.45, 2.75) is 0 Å². The van der Waals surface area contributed by atoms with Crippen molar-refractivity contribution in [3.8, 4) is 5.82 Å². The molecule has 0 radical (unpaired) electrons. The van der Waals surface area contributed by atoms with Crippen LogP contribution in [0.4, 0.5) is 0 Å². The van der Waals surface area contributed by atoms with E-state index in [4.69, 9.17) is 11.6 Å². The largest absolute Gasteiger partial charge is 0.224 e. The van der Waals surface area contributed by atoms with Gasteiger partial charge < -0.3 is 0 Å². The Morgan fingerprint density at radius 3 is 2.50 bits per heavy atom. The highest BCUT2D eigenvalue weighted by Gasteiger charge is 2.12. The SMILES string of the molecule is Clc1nc(-n2nnc3ccccc32)c2ccccc2n1. The van der Waals surface area contributed by atoms with Crippen LogP contribution in [0.3, 0.4) is 0 Å². The molecule has 2 heterocycles. The Morgan fingerprint density at radius 1 is 0.850 bits per heavy atom. The molecule has 4 rings (SSSR count). The predicted octanol–water partition coefficient (Wildman–Crippen LogP) is 3.02. The summed E-state index contributed by atoms with van der Waals surface area (Å²) in [5.74, 6) is 0.634. The molecule has 0 amide bonds. The molecule has 96 valence electrons. The number of aromatic nitrogens is 5. The molecular weight excluding hydrogens is 274 g/mol. The van der Waals surface area contributed by atoms with Crippen LogP contribution in [0.2, 0.25) is 5.28 Å². The van der Waals surface area contributed by atoms with Crippen molar-refractivity contribution in [1.29, 1.82) is 0 Å². The molecule has 0 spiro atoms. The van der Waals surface area contributed by atoms with E-state index in [1.807, 2.05) is 48.5 Å². The Bertz CT molecular complexity index is 931. The molecule has 0 saturated carbocycles. The van der Waals surface area contributed by atoms with Gasteiger partial charge in [0.05, 0.1) is 11.0 Å². The number of hydrogen-bond donors (Lipinski definition) is 0. The van der Waals surface area contributed by atoms with Crippen LogP contribution in [0.1, 0.15) is 0 Å². The Kier molecular flexibility index (Phi) is 2.40. The summed E-state index contributed by atoms with van der Waals surface area (Å²) in [4.78, 5) is 8.53. The first kappa shape index (κ1) is 11.3. The molecular formula is C14H8ClN5. The fourth-order valence-corrected chi connectivity index (χ4v) is 2.39. The number of benzene rings is 2. The minimum atomic E-state index is 0.193. The number of halogens is 1. The number of para-hydroxylation sites is 2. The van der Waals surface area contributed by atoms with Crippen molar-refractivity contribution >= 4 is 33.5 Å². The second-order valence-corrected chi connectivity index (χ2v) is 4.66. The van der Waals surface area contributed by atoms with Gasteiger partial charge >= 0.3 is 0 Å². The first-order chi connectivity index (χ1) is 9.83. The molecule has 0 N–H and O–H groups in total. The Morgan fingerprint density at radius 2 is 1.60 bits per heavy atom. The third-order valence-corrected chi connectivity index (χ3v) is 3.28. The van der Waals surface area contributed by atoms with Gasteiger partial charge in [-0.1, -0.05) is 29.5 Å². The summed E-state index contributed by atoms with van der Waals surface area (Å²) >= 11 is 6.01. The predicted molar refractivity (Wildman–Crippen MR) is 77.0 cm³/mol. The maximum atomic E-state index is 6.01. The summed E-state index contributed by atoms with van der Waals surface area (Å²) in [5.41, 5.74) is 2.47. The molecule has 0 aliphatic carbocycles. The van der Waals surface area contributed by atoms with Gasteiger partial charge in [0, 0.05) is 5.39 Å². The summed E-state index contributed by atoms with van der Waals surface area (Å²) in [6, 6.07) is 15.4. The van der Waals surface area contributed by atoms with Crippen molar-refractivity contribution in [3.05, 3.63) is 53.8 Å². The van der Waals surface area contributed by atoms with Gasteiger partial charge in [-0.15, -0.1) is 5.10 Å². The van der Waals surface area contributed by atoms with E-state index in [0.29, 0.717) is 5.82 Å². The van der Waals surface area contributed by atoms with Crippen LogP contribution < -0.4 is 0 Å². The summed E-state index contributed by atoms with van der Waals surface area (Å²) in [6.45, 7) is 0. The van der Waals surface area contributed by atoms with Crippen LogP contribution in [-0.4, -0.2) is 25.0 Å². The first-order valence-corrected chi connectivity index (χ1v) is 6.44. The normalized spacial score (nSPS) is 11.2. The molecule has 5 nitrogen and oxygen atoms in total. The monoisotopic (exact) mass is 281 g/mol. The quantitative estimate of drug-likeness (QED) is 0.503. The van der Waals surface area contributed by atoms with Crippen molar-refractivity contribution in [1.82, 2.24) is 25.0 Å². The molecule has 0 fully saturated rings. The number of fused-ring (bicyclic) bond motifs is 2. The molecule has 0 aliphatic rings. The van der Waals surface area contributed by atoms with Crippen molar-refractivity contribution in [3.63, 3.8) is 0 Å². The van der Waals surface area contributed by atoms with E-state index in [1.165, 1.54) is 0 Å². The Hall–Kier alpha value is -2.53. The van der Waals surface area contributed by atoms with Crippen LogP contribution in [0, 0.1) is 0 Å². The van der Waals surface area contributed by atoms with Crippen LogP contribution in [-0.2, 0) is 0 Å². The second kappa shape index (κ2) is 4.25. The lowest BCUT2D eigenvalue weighted by Gasteiger charge is -2.06. The fourth-order valence-electron chi connectivity index (χ4n) is 2.22. The summed E-state index contributed by atoms with van der Waals surface area (Å²) in [5, 5.41) is 9.39. The van der Waals surface area contributed by atoms with E-state index in [0.717, 1.165) is 21.9 Å². The van der Waals surface area contributed by atoms with Crippen molar-refractivity contribution in [2.75, 3.05) is 0 Å². The lowest BCUT2D eigenvalue weighted by molar-refractivity contribution is 0.805. The Labute approximate surface area is 118 Å². The molecule has 0 saturated heterocycles. The van der Waals surface area contributed by atoms with Gasteiger partial charge in [0.25, 0.3) is 0 Å². The lowest BCUT2D eigenvalue weighted by Crippen LogP contribution is -2.02. The molecule has 0 aliphatic heterocycles. The maximum absolute atomic E-state index is 6.01. The van der Waals surface area contributed by atoms with Gasteiger partial charge in [-0.25, -0.2) is 4.98 Å². The van der Waals surface area contributed by atoms with Crippen LogP contribution >= 0.6 is 11.6 Å². The summed E-state index contributed by atoms with van der Waals surface area (Å²) < 4.78 is 1.69. The van der Waals surface area contributed by atoms with E-state index in [2.05, 4.69) is 20.3 Å². The lowest BCUT2D eigenvalue weighted by atomic mass is 10.2. The summed E-state index contributed by atoms with van der Waals surface area (Å²) in [7, 11) is 0. The second-order valence-electron chi connectivity index (χ2n) is 4.32. The average Bonchev–Trinajstić information content (AvgIpc) is 2.90. The topological polar surface area (TPSA) is 56.5 Å². The van der Waals surface area contributed by atoms with E-state index >= 15 is 0 Å². The highest BCUT2D eigenvalue weighted by molar-refractivity contribution is 6.28. The van der Waals surface area contributed by atoms with E-state index in [1.54, 1.807) is 4.68 Å². The molecule has 6 heteroatoms. The van der Waals surface area contributed by atoms with Gasteiger partial charge in [-0.2, -0.15) is 9.67 Å². The molecule has 2 aromatic carbocycles. The van der Waals surface area contributed by atoms with Crippen LogP contribution in [0.25, 0.3) is 27.8 Å². The van der Waals surface area contributed by atoms with Gasteiger partial charge in [0.1, 0.15) is 5.52 Å². The molecule has 2 aromatic heterocycles. The number of nitrogens with zero attached hydrogens (tertiary/aromatic N) is 5. The number of rotatable bonds is 1. The highest BCUT2D eigenvalue weighted by atomic mass is 35.5. The zero-order valence-corrected chi connectivity index (χ0v) is 11.0. The smallest absolute Gasteiger partial charge is 0.218 e. The van der Waals surface area contributed by atoms with Gasteiger partial charge in [0.15, 0.2) is 5.82 Å².